The van der Waals surface area contributed by atoms with E-state index in [0.29, 0.717) is 23.2 Å². The Morgan fingerprint density at radius 1 is 1.28 bits per heavy atom. The fourth-order valence-corrected chi connectivity index (χ4v) is 1.86. The third-order valence-electron chi connectivity index (χ3n) is 2.81. The Balaban J connectivity index is 2.59. The summed E-state index contributed by atoms with van der Waals surface area (Å²) < 4.78 is 20.3. The van der Waals surface area contributed by atoms with Gasteiger partial charge in [-0.25, -0.2) is 9.18 Å². The molecule has 0 radical (unpaired) electrons. The highest BCUT2D eigenvalue weighted by Crippen LogP contribution is 2.27. The molecule has 0 amide bonds. The number of methoxy groups -OCH3 is 1. The highest BCUT2D eigenvalue weighted by Gasteiger charge is 2.18. The molecule has 2 aromatic rings. The maximum absolute atomic E-state index is 13.8. The molecule has 0 fully saturated rings. The fourth-order valence-electron chi connectivity index (χ4n) is 1.86. The molecule has 0 bridgehead atoms. The van der Waals surface area contributed by atoms with Crippen LogP contribution in [-0.4, -0.2) is 17.6 Å². The standard InChI is InChI=1S/C14H14FNO2/c1-3-16-8-11(12(9-16)14(17)18-2)10-6-4-5-7-13(10)15/h4-9H,3H2,1-2H3. The topological polar surface area (TPSA) is 31.2 Å². The minimum Gasteiger partial charge on any atom is -0.465 e. The van der Waals surface area contributed by atoms with Crippen LogP contribution >= 0.6 is 0 Å². The van der Waals surface area contributed by atoms with Gasteiger partial charge >= 0.3 is 5.97 Å². The predicted octanol–water partition coefficient (Wildman–Crippen LogP) is 3.10. The third-order valence-corrected chi connectivity index (χ3v) is 2.81. The second-order valence-corrected chi connectivity index (χ2v) is 3.89. The van der Waals surface area contributed by atoms with E-state index in [4.69, 9.17) is 4.74 Å². The molecule has 2 rings (SSSR count). The van der Waals surface area contributed by atoms with E-state index in [-0.39, 0.29) is 5.82 Å². The molecule has 1 aromatic heterocycles. The number of benzene rings is 1. The van der Waals surface area contributed by atoms with Crippen LogP contribution in [0.2, 0.25) is 0 Å². The predicted molar refractivity (Wildman–Crippen MR) is 66.8 cm³/mol. The Kier molecular flexibility index (Phi) is 3.46. The van der Waals surface area contributed by atoms with E-state index in [2.05, 4.69) is 0 Å². The monoisotopic (exact) mass is 247 g/mol. The van der Waals surface area contributed by atoms with Crippen molar-refractivity contribution in [3.8, 4) is 11.1 Å². The molecular formula is C14H14FNO2. The SMILES string of the molecule is CCn1cc(C(=O)OC)c(-c2ccccc2F)c1. The molecule has 18 heavy (non-hydrogen) atoms. The molecule has 0 N–H and O–H groups in total. The molecule has 0 aliphatic rings. The first kappa shape index (κ1) is 12.4. The number of halogens is 1. The molecule has 0 unspecified atom stereocenters. The quantitative estimate of drug-likeness (QED) is 0.780. The molecule has 0 atom stereocenters. The van der Waals surface area contributed by atoms with Crippen molar-refractivity contribution in [1.82, 2.24) is 4.57 Å². The first-order chi connectivity index (χ1) is 8.67. The largest absolute Gasteiger partial charge is 0.465 e. The van der Waals surface area contributed by atoms with Gasteiger partial charge in [-0.1, -0.05) is 18.2 Å². The van der Waals surface area contributed by atoms with Gasteiger partial charge < -0.3 is 9.30 Å². The summed E-state index contributed by atoms with van der Waals surface area (Å²) in [5, 5.41) is 0. The number of aryl methyl sites for hydroxylation is 1. The number of rotatable bonds is 3. The van der Waals surface area contributed by atoms with Crippen molar-refractivity contribution in [1.29, 1.82) is 0 Å². The first-order valence-electron chi connectivity index (χ1n) is 5.70. The normalized spacial score (nSPS) is 10.4. The summed E-state index contributed by atoms with van der Waals surface area (Å²) in [7, 11) is 1.32. The maximum atomic E-state index is 13.8. The Morgan fingerprint density at radius 2 is 2.00 bits per heavy atom. The van der Waals surface area contributed by atoms with Gasteiger partial charge in [0.1, 0.15) is 5.82 Å². The van der Waals surface area contributed by atoms with Gasteiger partial charge in [0, 0.05) is 30.1 Å². The van der Waals surface area contributed by atoms with Crippen molar-refractivity contribution in [2.24, 2.45) is 0 Å². The Labute approximate surface area is 105 Å². The maximum Gasteiger partial charge on any atom is 0.340 e. The van der Waals surface area contributed by atoms with E-state index >= 15 is 0 Å². The lowest BCUT2D eigenvalue weighted by molar-refractivity contribution is 0.0601. The molecule has 3 nitrogen and oxygen atoms in total. The summed E-state index contributed by atoms with van der Waals surface area (Å²) in [5.74, 6) is -0.808. The Bertz CT molecular complexity index is 575. The molecule has 0 aliphatic carbocycles. The molecule has 0 spiro atoms. The number of hydrogen-bond donors (Lipinski definition) is 0. The number of nitrogens with zero attached hydrogens (tertiary/aromatic N) is 1. The first-order valence-corrected chi connectivity index (χ1v) is 5.70. The van der Waals surface area contributed by atoms with Crippen LogP contribution in [0, 0.1) is 5.82 Å². The van der Waals surface area contributed by atoms with Gasteiger partial charge in [0.2, 0.25) is 0 Å². The number of carbonyl (C=O) groups excluding carboxylic acids is 1. The van der Waals surface area contributed by atoms with Gasteiger partial charge in [0.05, 0.1) is 12.7 Å². The van der Waals surface area contributed by atoms with E-state index in [0.717, 1.165) is 0 Å². The van der Waals surface area contributed by atoms with Crippen molar-refractivity contribution in [2.75, 3.05) is 7.11 Å². The molecule has 0 saturated heterocycles. The van der Waals surface area contributed by atoms with Gasteiger partial charge in [0.15, 0.2) is 0 Å². The zero-order valence-corrected chi connectivity index (χ0v) is 10.3. The van der Waals surface area contributed by atoms with Crippen LogP contribution in [0.3, 0.4) is 0 Å². The summed E-state index contributed by atoms with van der Waals surface area (Å²) in [6.45, 7) is 2.66. The Hall–Kier alpha value is -2.10. The van der Waals surface area contributed by atoms with E-state index in [1.165, 1.54) is 13.2 Å². The molecule has 1 aromatic carbocycles. The van der Waals surface area contributed by atoms with Crippen LogP contribution in [0.25, 0.3) is 11.1 Å². The lowest BCUT2D eigenvalue weighted by Gasteiger charge is -2.03. The van der Waals surface area contributed by atoms with Crippen molar-refractivity contribution >= 4 is 5.97 Å². The van der Waals surface area contributed by atoms with Gasteiger partial charge in [-0.05, 0) is 13.0 Å². The van der Waals surface area contributed by atoms with Gasteiger partial charge in [0.25, 0.3) is 0 Å². The summed E-state index contributed by atoms with van der Waals surface area (Å²) >= 11 is 0. The summed E-state index contributed by atoms with van der Waals surface area (Å²) in [6, 6.07) is 6.38. The van der Waals surface area contributed by atoms with E-state index in [1.807, 2.05) is 11.5 Å². The van der Waals surface area contributed by atoms with Crippen LogP contribution in [-0.2, 0) is 11.3 Å². The van der Waals surface area contributed by atoms with Crippen LogP contribution < -0.4 is 0 Å². The average molecular weight is 247 g/mol. The van der Waals surface area contributed by atoms with Gasteiger partial charge in [-0.3, -0.25) is 0 Å². The smallest absolute Gasteiger partial charge is 0.340 e. The number of aromatic nitrogens is 1. The highest BCUT2D eigenvalue weighted by molar-refractivity contribution is 5.97. The zero-order valence-electron chi connectivity index (χ0n) is 10.3. The molecule has 0 aliphatic heterocycles. The Morgan fingerprint density at radius 3 is 2.61 bits per heavy atom. The summed E-state index contributed by atoms with van der Waals surface area (Å²) in [4.78, 5) is 11.7. The molecule has 1 heterocycles. The second-order valence-electron chi connectivity index (χ2n) is 3.89. The lowest BCUT2D eigenvalue weighted by Crippen LogP contribution is -2.01. The van der Waals surface area contributed by atoms with Crippen molar-refractivity contribution in [2.45, 2.75) is 13.5 Å². The summed E-state index contributed by atoms with van der Waals surface area (Å²) in [6.07, 6.45) is 3.43. The molecular weight excluding hydrogens is 233 g/mol. The molecule has 0 saturated carbocycles. The van der Waals surface area contributed by atoms with Crippen molar-refractivity contribution < 1.29 is 13.9 Å². The number of esters is 1. The number of hydrogen-bond acceptors (Lipinski definition) is 2. The number of carbonyl (C=O) groups is 1. The van der Waals surface area contributed by atoms with Gasteiger partial charge in [-0.15, -0.1) is 0 Å². The van der Waals surface area contributed by atoms with Gasteiger partial charge in [-0.2, -0.15) is 0 Å². The molecule has 4 heteroatoms. The van der Waals surface area contributed by atoms with Crippen molar-refractivity contribution in [3.05, 3.63) is 48.0 Å². The van der Waals surface area contributed by atoms with Crippen LogP contribution in [0.5, 0.6) is 0 Å². The molecule has 94 valence electrons. The van der Waals surface area contributed by atoms with Crippen LogP contribution in [0.15, 0.2) is 36.7 Å². The van der Waals surface area contributed by atoms with E-state index in [9.17, 15) is 9.18 Å². The minimum atomic E-state index is -0.458. The average Bonchev–Trinajstić information content (AvgIpc) is 2.82. The fraction of sp³-hybridized carbons (Fsp3) is 0.214. The summed E-state index contributed by atoms with van der Waals surface area (Å²) in [5.41, 5.74) is 1.34. The van der Waals surface area contributed by atoms with Crippen LogP contribution in [0.1, 0.15) is 17.3 Å². The van der Waals surface area contributed by atoms with E-state index < -0.39 is 5.97 Å². The van der Waals surface area contributed by atoms with Crippen LogP contribution in [0.4, 0.5) is 4.39 Å². The number of ether oxygens (including phenoxy) is 1. The second kappa shape index (κ2) is 5.04. The van der Waals surface area contributed by atoms with Crippen molar-refractivity contribution in [3.63, 3.8) is 0 Å². The lowest BCUT2D eigenvalue weighted by atomic mass is 10.0. The highest BCUT2D eigenvalue weighted by atomic mass is 19.1. The van der Waals surface area contributed by atoms with E-state index in [1.54, 1.807) is 30.6 Å². The zero-order chi connectivity index (χ0) is 13.1. The third kappa shape index (κ3) is 2.14. The minimum absolute atomic E-state index is 0.350.